The molecular formula is C14H13F3N2O2. The Hall–Kier alpha value is -2.49. The molecule has 112 valence electrons. The molecule has 0 N–H and O–H groups in total. The van der Waals surface area contributed by atoms with Crippen LogP contribution >= 0.6 is 0 Å². The summed E-state index contributed by atoms with van der Waals surface area (Å²) in [4.78, 5) is 13.0. The van der Waals surface area contributed by atoms with Crippen LogP contribution in [0.4, 0.5) is 18.9 Å². The molecule has 0 fully saturated rings. The van der Waals surface area contributed by atoms with E-state index in [1.165, 1.54) is 19.2 Å². The molecular weight excluding hydrogens is 285 g/mol. The lowest BCUT2D eigenvalue weighted by Gasteiger charge is -2.18. The monoisotopic (exact) mass is 298 g/mol. The molecule has 1 aromatic rings. The van der Waals surface area contributed by atoms with E-state index in [1.807, 2.05) is 0 Å². The average molecular weight is 298 g/mol. The maximum absolute atomic E-state index is 12.6. The SMILES string of the molecule is CCOC=C(C#N)C(=O)N(C)c1cccc(C(F)(F)F)c1. The molecule has 0 radical (unpaired) electrons. The fourth-order valence-corrected chi connectivity index (χ4v) is 1.48. The van der Waals surface area contributed by atoms with Crippen molar-refractivity contribution in [1.29, 1.82) is 5.26 Å². The summed E-state index contributed by atoms with van der Waals surface area (Å²) in [5.41, 5.74) is -1.13. The summed E-state index contributed by atoms with van der Waals surface area (Å²) in [6.45, 7) is 1.94. The highest BCUT2D eigenvalue weighted by Gasteiger charge is 2.31. The molecule has 0 aliphatic heterocycles. The largest absolute Gasteiger partial charge is 0.500 e. The molecule has 0 unspecified atom stereocenters. The van der Waals surface area contributed by atoms with Gasteiger partial charge in [-0.1, -0.05) is 6.07 Å². The normalized spacial score (nSPS) is 11.7. The van der Waals surface area contributed by atoms with Crippen LogP contribution in [-0.2, 0) is 15.7 Å². The second-order valence-electron chi connectivity index (χ2n) is 4.01. The molecule has 1 aromatic carbocycles. The zero-order valence-corrected chi connectivity index (χ0v) is 11.4. The third-order valence-corrected chi connectivity index (χ3v) is 2.58. The van der Waals surface area contributed by atoms with Crippen LogP contribution in [0.2, 0.25) is 0 Å². The van der Waals surface area contributed by atoms with Gasteiger partial charge in [-0.3, -0.25) is 4.79 Å². The number of alkyl halides is 3. The Morgan fingerprint density at radius 1 is 1.48 bits per heavy atom. The predicted molar refractivity (Wildman–Crippen MR) is 70.2 cm³/mol. The van der Waals surface area contributed by atoms with Gasteiger partial charge in [0.05, 0.1) is 12.2 Å². The van der Waals surface area contributed by atoms with Crippen molar-refractivity contribution in [2.24, 2.45) is 0 Å². The number of carbonyl (C=O) groups is 1. The molecule has 7 heteroatoms. The van der Waals surface area contributed by atoms with Crippen molar-refractivity contribution in [1.82, 2.24) is 0 Å². The zero-order chi connectivity index (χ0) is 16.0. The first-order valence-electron chi connectivity index (χ1n) is 5.98. The Morgan fingerprint density at radius 2 is 2.14 bits per heavy atom. The predicted octanol–water partition coefficient (Wildman–Crippen LogP) is 3.11. The second-order valence-corrected chi connectivity index (χ2v) is 4.01. The van der Waals surface area contributed by atoms with Gasteiger partial charge in [-0.25, -0.2) is 0 Å². The van der Waals surface area contributed by atoms with E-state index in [4.69, 9.17) is 10.00 Å². The van der Waals surface area contributed by atoms with Crippen LogP contribution in [0, 0.1) is 11.3 Å². The van der Waals surface area contributed by atoms with Crippen molar-refractivity contribution in [2.45, 2.75) is 13.1 Å². The van der Waals surface area contributed by atoms with Crippen molar-refractivity contribution >= 4 is 11.6 Å². The van der Waals surface area contributed by atoms with Crippen molar-refractivity contribution in [3.05, 3.63) is 41.7 Å². The molecule has 4 nitrogen and oxygen atoms in total. The maximum Gasteiger partial charge on any atom is 0.416 e. The quantitative estimate of drug-likeness (QED) is 0.487. The number of benzene rings is 1. The lowest BCUT2D eigenvalue weighted by Crippen LogP contribution is -2.27. The highest BCUT2D eigenvalue weighted by molar-refractivity contribution is 6.07. The molecule has 0 saturated heterocycles. The topological polar surface area (TPSA) is 53.3 Å². The van der Waals surface area contributed by atoms with E-state index < -0.39 is 17.6 Å². The summed E-state index contributed by atoms with van der Waals surface area (Å²) in [5, 5.41) is 8.88. The van der Waals surface area contributed by atoms with Crippen LogP contribution in [0.5, 0.6) is 0 Å². The summed E-state index contributed by atoms with van der Waals surface area (Å²) in [5.74, 6) is -0.745. The van der Waals surface area contributed by atoms with Gasteiger partial charge in [-0.15, -0.1) is 0 Å². The lowest BCUT2D eigenvalue weighted by molar-refractivity contribution is -0.137. The van der Waals surface area contributed by atoms with Gasteiger partial charge in [-0.05, 0) is 25.1 Å². The van der Waals surface area contributed by atoms with Crippen molar-refractivity contribution in [3.8, 4) is 6.07 Å². The number of halogens is 3. The molecule has 0 bridgehead atoms. The number of carbonyl (C=O) groups excluding carboxylic acids is 1. The Balaban J connectivity index is 3.06. The number of hydrogen-bond donors (Lipinski definition) is 0. The fourth-order valence-electron chi connectivity index (χ4n) is 1.48. The first kappa shape index (κ1) is 16.6. The molecule has 1 rings (SSSR count). The van der Waals surface area contributed by atoms with Crippen molar-refractivity contribution in [2.75, 3.05) is 18.6 Å². The van der Waals surface area contributed by atoms with E-state index in [-0.39, 0.29) is 17.9 Å². The van der Waals surface area contributed by atoms with E-state index in [9.17, 15) is 18.0 Å². The summed E-state index contributed by atoms with van der Waals surface area (Å²) in [6, 6.07) is 5.95. The first-order valence-corrected chi connectivity index (χ1v) is 5.98. The molecule has 0 spiro atoms. The highest BCUT2D eigenvalue weighted by Crippen LogP contribution is 2.31. The number of ether oxygens (including phenoxy) is 1. The smallest absolute Gasteiger partial charge is 0.416 e. The standard InChI is InChI=1S/C14H13F3N2O2/c1-3-21-9-10(8-18)13(20)19(2)12-6-4-5-11(7-12)14(15,16)17/h4-7,9H,3H2,1-2H3. The first-order chi connectivity index (χ1) is 9.81. The third kappa shape index (κ3) is 4.24. The zero-order valence-electron chi connectivity index (χ0n) is 11.4. The van der Waals surface area contributed by atoms with Crippen LogP contribution in [0.3, 0.4) is 0 Å². The van der Waals surface area contributed by atoms with Crippen molar-refractivity contribution in [3.63, 3.8) is 0 Å². The number of nitriles is 1. The number of rotatable bonds is 4. The second kappa shape index (κ2) is 6.79. The maximum atomic E-state index is 12.6. The van der Waals surface area contributed by atoms with Gasteiger partial charge < -0.3 is 9.64 Å². The van der Waals surface area contributed by atoms with Gasteiger partial charge in [0.15, 0.2) is 5.57 Å². The number of nitrogens with zero attached hydrogens (tertiary/aromatic N) is 2. The van der Waals surface area contributed by atoms with E-state index in [0.717, 1.165) is 23.3 Å². The Morgan fingerprint density at radius 3 is 2.67 bits per heavy atom. The molecule has 0 saturated carbocycles. The molecule has 0 heterocycles. The van der Waals surface area contributed by atoms with E-state index in [1.54, 1.807) is 13.0 Å². The summed E-state index contributed by atoms with van der Waals surface area (Å²) in [7, 11) is 1.29. The number of amides is 1. The number of hydrogen-bond acceptors (Lipinski definition) is 3. The Kier molecular flexibility index (Phi) is 5.36. The molecule has 21 heavy (non-hydrogen) atoms. The van der Waals surface area contributed by atoms with E-state index >= 15 is 0 Å². The van der Waals surface area contributed by atoms with E-state index in [2.05, 4.69) is 0 Å². The minimum atomic E-state index is -4.50. The molecule has 1 amide bonds. The minimum absolute atomic E-state index is 0.0347. The van der Waals surface area contributed by atoms with Gasteiger partial charge >= 0.3 is 6.18 Å². The fraction of sp³-hybridized carbons (Fsp3) is 0.286. The Bertz CT molecular complexity index is 589. The minimum Gasteiger partial charge on any atom is -0.500 e. The van der Waals surface area contributed by atoms with Gasteiger partial charge in [0.1, 0.15) is 12.3 Å². The Labute approximate surface area is 120 Å². The van der Waals surface area contributed by atoms with Crippen LogP contribution < -0.4 is 4.90 Å². The van der Waals surface area contributed by atoms with Gasteiger partial charge in [0.2, 0.25) is 0 Å². The average Bonchev–Trinajstić information content (AvgIpc) is 2.46. The number of anilines is 1. The van der Waals surface area contributed by atoms with Crippen LogP contribution in [0.25, 0.3) is 0 Å². The summed E-state index contributed by atoms with van der Waals surface area (Å²) >= 11 is 0. The third-order valence-electron chi connectivity index (χ3n) is 2.58. The van der Waals surface area contributed by atoms with Crippen LogP contribution in [0.1, 0.15) is 12.5 Å². The van der Waals surface area contributed by atoms with Gasteiger partial charge in [0, 0.05) is 12.7 Å². The molecule has 0 aromatic heterocycles. The lowest BCUT2D eigenvalue weighted by atomic mass is 10.1. The van der Waals surface area contributed by atoms with Crippen molar-refractivity contribution < 1.29 is 22.7 Å². The molecule has 0 atom stereocenters. The molecule has 0 aliphatic rings. The van der Waals surface area contributed by atoms with Crippen LogP contribution in [0.15, 0.2) is 36.1 Å². The highest BCUT2D eigenvalue weighted by atomic mass is 19.4. The van der Waals surface area contributed by atoms with Gasteiger partial charge in [0.25, 0.3) is 5.91 Å². The van der Waals surface area contributed by atoms with Gasteiger partial charge in [-0.2, -0.15) is 18.4 Å². The summed E-state index contributed by atoms with van der Waals surface area (Å²) < 4.78 is 42.8. The molecule has 0 aliphatic carbocycles. The van der Waals surface area contributed by atoms with E-state index in [0.29, 0.717) is 0 Å². The summed E-state index contributed by atoms with van der Waals surface area (Å²) in [6.07, 6.45) is -3.51. The van der Waals surface area contributed by atoms with Crippen LogP contribution in [-0.4, -0.2) is 19.6 Å². The number of likely N-dealkylation sites (N-methyl/N-ethyl adjacent to an activating group) is 1.